The third kappa shape index (κ3) is 10.5. The van der Waals surface area contributed by atoms with Gasteiger partial charge in [-0.3, -0.25) is 4.79 Å². The molecule has 0 fully saturated rings. The molecule has 0 aliphatic rings. The zero-order valence-corrected chi connectivity index (χ0v) is 12.0. The maximum Gasteiger partial charge on any atom is 0.306 e. The minimum Gasteiger partial charge on any atom is -0.481 e. The molecule has 1 N–H and O–H groups in total. The summed E-state index contributed by atoms with van der Waals surface area (Å²) in [4.78, 5) is 10.5. The zero-order chi connectivity index (χ0) is 11.7. The Labute approximate surface area is 107 Å². The van der Waals surface area contributed by atoms with Gasteiger partial charge in [0, 0.05) is 3.92 Å². The summed E-state index contributed by atoms with van der Waals surface area (Å²) in [5, 5.41) is 8.68. The van der Waals surface area contributed by atoms with Gasteiger partial charge in [0.15, 0.2) is 0 Å². The second-order valence-electron chi connectivity index (χ2n) is 4.37. The molecule has 0 aromatic carbocycles. The third-order valence-electron chi connectivity index (χ3n) is 2.66. The molecule has 0 amide bonds. The lowest BCUT2D eigenvalue weighted by Gasteiger charge is -2.06. The molecule has 2 atom stereocenters. The predicted molar refractivity (Wildman–Crippen MR) is 72.6 cm³/mol. The molecule has 0 spiro atoms. The van der Waals surface area contributed by atoms with Crippen molar-refractivity contribution in [1.82, 2.24) is 0 Å². The van der Waals surface area contributed by atoms with Crippen LogP contribution in [0.5, 0.6) is 0 Å². The summed E-state index contributed by atoms with van der Waals surface area (Å²) in [6.07, 6.45) is 8.27. The molecule has 0 aliphatic carbocycles. The summed E-state index contributed by atoms with van der Waals surface area (Å²) in [5.74, 6) is -0.826. The Kier molecular flexibility index (Phi) is 9.55. The molecule has 0 radical (unpaired) electrons. The molecular formula is C12H23IO2. The van der Waals surface area contributed by atoms with Crippen LogP contribution in [0.25, 0.3) is 0 Å². The van der Waals surface area contributed by atoms with Crippen LogP contribution >= 0.6 is 22.6 Å². The molecule has 15 heavy (non-hydrogen) atoms. The van der Waals surface area contributed by atoms with Gasteiger partial charge in [0.2, 0.25) is 0 Å². The first-order valence-corrected chi connectivity index (χ1v) is 7.15. The first kappa shape index (κ1) is 15.2. The van der Waals surface area contributed by atoms with Gasteiger partial charge in [-0.15, -0.1) is 0 Å². The molecule has 0 saturated carbocycles. The molecule has 3 heteroatoms. The van der Waals surface area contributed by atoms with E-state index in [9.17, 15) is 4.79 Å². The second-order valence-corrected chi connectivity index (χ2v) is 6.49. The van der Waals surface area contributed by atoms with Crippen LogP contribution in [0.2, 0.25) is 0 Å². The fourth-order valence-corrected chi connectivity index (χ4v) is 1.97. The molecule has 0 heterocycles. The van der Waals surface area contributed by atoms with Gasteiger partial charge < -0.3 is 5.11 Å². The molecule has 2 unspecified atom stereocenters. The standard InChI is InChI=1S/C12H23IO2/c1-10(12(14)15)8-6-4-3-5-7-9-11(2)13/h10-11H,3-9H2,1-2H3,(H,14,15). The summed E-state index contributed by atoms with van der Waals surface area (Å²) >= 11 is 2.46. The fraction of sp³-hybridized carbons (Fsp3) is 0.917. The van der Waals surface area contributed by atoms with Crippen molar-refractivity contribution in [3.63, 3.8) is 0 Å². The van der Waals surface area contributed by atoms with Gasteiger partial charge in [0.25, 0.3) is 0 Å². The molecular weight excluding hydrogens is 303 g/mol. The van der Waals surface area contributed by atoms with Crippen molar-refractivity contribution in [2.45, 2.75) is 62.7 Å². The van der Waals surface area contributed by atoms with Crippen LogP contribution < -0.4 is 0 Å². The Bertz CT molecular complexity index is 169. The van der Waals surface area contributed by atoms with Crippen LogP contribution in [0.1, 0.15) is 58.8 Å². The van der Waals surface area contributed by atoms with E-state index in [0.29, 0.717) is 0 Å². The first-order valence-electron chi connectivity index (χ1n) is 5.91. The summed E-state index contributed by atoms with van der Waals surface area (Å²) in [6.45, 7) is 4.04. The Hall–Kier alpha value is 0.200. The van der Waals surface area contributed by atoms with Gasteiger partial charge in [0.1, 0.15) is 0 Å². The number of alkyl halides is 1. The van der Waals surface area contributed by atoms with Gasteiger partial charge in [-0.2, -0.15) is 0 Å². The lowest BCUT2D eigenvalue weighted by Crippen LogP contribution is -2.08. The average molecular weight is 326 g/mol. The van der Waals surface area contributed by atoms with Gasteiger partial charge in [0.05, 0.1) is 5.92 Å². The van der Waals surface area contributed by atoms with Gasteiger partial charge in [-0.25, -0.2) is 0 Å². The van der Waals surface area contributed by atoms with Gasteiger partial charge in [-0.05, 0) is 12.8 Å². The maximum atomic E-state index is 10.5. The largest absolute Gasteiger partial charge is 0.481 e. The number of carboxylic acids is 1. The van der Waals surface area contributed by atoms with E-state index in [0.717, 1.165) is 16.8 Å². The minimum absolute atomic E-state index is 0.167. The Morgan fingerprint density at radius 1 is 1.07 bits per heavy atom. The quantitative estimate of drug-likeness (QED) is 0.390. The Morgan fingerprint density at radius 2 is 1.53 bits per heavy atom. The number of halogens is 1. The van der Waals surface area contributed by atoms with Crippen LogP contribution in [-0.4, -0.2) is 15.0 Å². The minimum atomic E-state index is -0.659. The molecule has 90 valence electrons. The zero-order valence-electron chi connectivity index (χ0n) is 9.84. The van der Waals surface area contributed by atoms with Gasteiger partial charge >= 0.3 is 5.97 Å². The van der Waals surface area contributed by atoms with E-state index in [1.54, 1.807) is 6.92 Å². The fourth-order valence-electron chi connectivity index (χ4n) is 1.53. The van der Waals surface area contributed by atoms with Crippen molar-refractivity contribution in [1.29, 1.82) is 0 Å². The van der Waals surface area contributed by atoms with Crippen LogP contribution in [0, 0.1) is 5.92 Å². The number of aliphatic carboxylic acids is 1. The number of rotatable bonds is 9. The SMILES string of the molecule is CC(I)CCCCCCCC(C)C(=O)O. The number of carboxylic acid groups (broad SMARTS) is 1. The van der Waals surface area contributed by atoms with E-state index >= 15 is 0 Å². The van der Waals surface area contributed by atoms with Crippen molar-refractivity contribution < 1.29 is 9.90 Å². The van der Waals surface area contributed by atoms with Gasteiger partial charge in [-0.1, -0.05) is 68.5 Å². The molecule has 0 aliphatic heterocycles. The second kappa shape index (κ2) is 9.43. The van der Waals surface area contributed by atoms with Crippen LogP contribution in [0.4, 0.5) is 0 Å². The Morgan fingerprint density at radius 3 is 2.00 bits per heavy atom. The summed E-state index contributed by atoms with van der Waals surface area (Å²) < 4.78 is 0.787. The van der Waals surface area contributed by atoms with Crippen LogP contribution in [0.15, 0.2) is 0 Å². The normalized spacial score (nSPS) is 14.9. The summed E-state index contributed by atoms with van der Waals surface area (Å²) in [5.41, 5.74) is 0. The topological polar surface area (TPSA) is 37.3 Å². The highest BCUT2D eigenvalue weighted by atomic mass is 127. The molecule has 0 rings (SSSR count). The highest BCUT2D eigenvalue weighted by molar-refractivity contribution is 14.1. The number of hydrogen-bond acceptors (Lipinski definition) is 1. The summed E-state index contributed by atoms with van der Waals surface area (Å²) in [6, 6.07) is 0. The molecule has 2 nitrogen and oxygen atoms in total. The molecule has 0 saturated heterocycles. The lowest BCUT2D eigenvalue weighted by molar-refractivity contribution is -0.141. The Balaban J connectivity index is 3.15. The van der Waals surface area contributed by atoms with E-state index in [1.165, 1.54) is 32.1 Å². The van der Waals surface area contributed by atoms with Crippen molar-refractivity contribution in [3.8, 4) is 0 Å². The number of carbonyl (C=O) groups is 1. The van der Waals surface area contributed by atoms with E-state index in [4.69, 9.17) is 5.11 Å². The van der Waals surface area contributed by atoms with E-state index in [2.05, 4.69) is 29.5 Å². The number of hydrogen-bond donors (Lipinski definition) is 1. The monoisotopic (exact) mass is 326 g/mol. The average Bonchev–Trinajstić information content (AvgIpc) is 2.15. The predicted octanol–water partition coefficient (Wildman–Crippen LogP) is 4.26. The summed E-state index contributed by atoms with van der Waals surface area (Å²) in [7, 11) is 0. The highest BCUT2D eigenvalue weighted by Crippen LogP contribution is 2.14. The van der Waals surface area contributed by atoms with E-state index in [-0.39, 0.29) is 5.92 Å². The number of unbranched alkanes of at least 4 members (excludes halogenated alkanes) is 4. The first-order chi connectivity index (χ1) is 7.04. The van der Waals surface area contributed by atoms with Crippen LogP contribution in [0.3, 0.4) is 0 Å². The molecule has 0 aromatic rings. The smallest absolute Gasteiger partial charge is 0.306 e. The highest BCUT2D eigenvalue weighted by Gasteiger charge is 2.09. The third-order valence-corrected chi connectivity index (χ3v) is 3.28. The van der Waals surface area contributed by atoms with Crippen molar-refractivity contribution in [2.75, 3.05) is 0 Å². The lowest BCUT2D eigenvalue weighted by atomic mass is 10.0. The van der Waals surface area contributed by atoms with E-state index < -0.39 is 5.97 Å². The van der Waals surface area contributed by atoms with Crippen LogP contribution in [-0.2, 0) is 4.79 Å². The molecule has 0 aromatic heterocycles. The van der Waals surface area contributed by atoms with E-state index in [1.807, 2.05) is 0 Å². The maximum absolute atomic E-state index is 10.5. The van der Waals surface area contributed by atoms with Crippen molar-refractivity contribution in [2.24, 2.45) is 5.92 Å². The molecule has 0 bridgehead atoms. The van der Waals surface area contributed by atoms with Crippen molar-refractivity contribution in [3.05, 3.63) is 0 Å². The van der Waals surface area contributed by atoms with Crippen molar-refractivity contribution >= 4 is 28.6 Å².